The summed E-state index contributed by atoms with van der Waals surface area (Å²) >= 11 is 0. The molecule has 0 saturated heterocycles. The summed E-state index contributed by atoms with van der Waals surface area (Å²) in [6, 6.07) is 11.3. The van der Waals surface area contributed by atoms with Crippen molar-refractivity contribution in [2.75, 3.05) is 6.61 Å². The van der Waals surface area contributed by atoms with E-state index in [0.717, 1.165) is 6.07 Å². The average Bonchev–Trinajstić information content (AvgIpc) is 2.49. The van der Waals surface area contributed by atoms with Gasteiger partial charge in [0.15, 0.2) is 11.5 Å². The summed E-state index contributed by atoms with van der Waals surface area (Å²) in [6.07, 6.45) is 0. The molecule has 2 aromatic rings. The Morgan fingerprint density at radius 1 is 1.09 bits per heavy atom. The van der Waals surface area contributed by atoms with Gasteiger partial charge in [-0.1, -0.05) is 18.2 Å². The summed E-state index contributed by atoms with van der Waals surface area (Å²) in [6.45, 7) is 2.12. The van der Waals surface area contributed by atoms with Crippen molar-refractivity contribution in [3.05, 3.63) is 54.1 Å². The van der Waals surface area contributed by atoms with Gasteiger partial charge in [0.2, 0.25) is 0 Å². The molecule has 0 amide bonds. The van der Waals surface area contributed by atoms with Gasteiger partial charge in [0, 0.05) is 0 Å². The maximum Gasteiger partial charge on any atom is 0.339 e. The van der Waals surface area contributed by atoms with E-state index < -0.39 is 16.1 Å². The van der Waals surface area contributed by atoms with Crippen molar-refractivity contribution in [3.63, 3.8) is 0 Å². The Bertz CT molecular complexity index is 782. The van der Waals surface area contributed by atoms with Gasteiger partial charge in [-0.05, 0) is 37.3 Å². The van der Waals surface area contributed by atoms with Crippen molar-refractivity contribution in [1.82, 2.24) is 0 Å². The average molecular weight is 322 g/mol. The normalized spacial score (nSPS) is 11.0. The third-order valence-electron chi connectivity index (χ3n) is 2.72. The van der Waals surface area contributed by atoms with Crippen LogP contribution in [0, 0.1) is 0 Å². The monoisotopic (exact) mass is 322 g/mol. The Hall–Kier alpha value is -2.54. The Morgan fingerprint density at radius 3 is 2.41 bits per heavy atom. The maximum atomic E-state index is 12.3. The maximum absolute atomic E-state index is 12.3. The van der Waals surface area contributed by atoms with Gasteiger partial charge in [0.1, 0.15) is 4.90 Å². The van der Waals surface area contributed by atoms with Crippen LogP contribution in [0.2, 0.25) is 0 Å². The minimum Gasteiger partial charge on any atom is -0.490 e. The number of benzene rings is 2. The van der Waals surface area contributed by atoms with Crippen LogP contribution in [0.1, 0.15) is 17.3 Å². The lowest BCUT2D eigenvalue weighted by Gasteiger charge is -2.11. The number of carboxylic acids is 1. The Kier molecular flexibility index (Phi) is 4.67. The van der Waals surface area contributed by atoms with Gasteiger partial charge in [-0.3, -0.25) is 0 Å². The van der Waals surface area contributed by atoms with Gasteiger partial charge in [-0.25, -0.2) is 4.79 Å². The van der Waals surface area contributed by atoms with Crippen LogP contribution in [-0.2, 0) is 10.1 Å². The minimum atomic E-state index is -4.15. The van der Waals surface area contributed by atoms with Gasteiger partial charge in [-0.2, -0.15) is 8.42 Å². The molecule has 0 unspecified atom stereocenters. The molecule has 0 saturated carbocycles. The minimum absolute atomic E-state index is 0.0464. The second-order valence-electron chi connectivity index (χ2n) is 4.25. The molecule has 0 bridgehead atoms. The molecule has 2 rings (SSSR count). The second kappa shape index (κ2) is 6.48. The first-order valence-electron chi connectivity index (χ1n) is 6.43. The zero-order valence-electron chi connectivity index (χ0n) is 11.7. The van der Waals surface area contributed by atoms with Crippen LogP contribution in [0.5, 0.6) is 11.5 Å². The van der Waals surface area contributed by atoms with Crippen LogP contribution >= 0.6 is 0 Å². The molecule has 0 radical (unpaired) electrons. The van der Waals surface area contributed by atoms with Gasteiger partial charge in [0.05, 0.1) is 12.2 Å². The summed E-state index contributed by atoms with van der Waals surface area (Å²) in [7, 11) is -4.15. The molecule has 0 spiro atoms. The number of rotatable bonds is 6. The summed E-state index contributed by atoms with van der Waals surface area (Å²) < 4.78 is 34.9. The Balaban J connectivity index is 2.36. The van der Waals surface area contributed by atoms with Crippen LogP contribution in [0.15, 0.2) is 53.4 Å². The molecule has 0 aliphatic rings. The zero-order valence-corrected chi connectivity index (χ0v) is 12.5. The van der Waals surface area contributed by atoms with E-state index in [4.69, 9.17) is 14.0 Å². The molecule has 1 N–H and O–H groups in total. The van der Waals surface area contributed by atoms with E-state index in [9.17, 15) is 13.2 Å². The van der Waals surface area contributed by atoms with Gasteiger partial charge in [0.25, 0.3) is 0 Å². The Morgan fingerprint density at radius 2 is 1.77 bits per heavy atom. The molecule has 7 heteroatoms. The lowest BCUT2D eigenvalue weighted by Crippen LogP contribution is -2.11. The summed E-state index contributed by atoms with van der Waals surface area (Å²) in [5.41, 5.74) is -0.136. The summed E-state index contributed by atoms with van der Waals surface area (Å²) in [4.78, 5) is 10.7. The SMILES string of the molecule is CCOc1ccccc1OS(=O)(=O)c1cccc(C(=O)O)c1. The fourth-order valence-corrected chi connectivity index (χ4v) is 2.73. The van der Waals surface area contributed by atoms with Crippen LogP contribution in [0.25, 0.3) is 0 Å². The van der Waals surface area contributed by atoms with E-state index in [-0.39, 0.29) is 16.2 Å². The molecule has 2 aromatic carbocycles. The van der Waals surface area contributed by atoms with E-state index in [0.29, 0.717) is 12.4 Å². The number of carboxylic acid groups (broad SMARTS) is 1. The quantitative estimate of drug-likeness (QED) is 0.822. The smallest absolute Gasteiger partial charge is 0.339 e. The molecule has 116 valence electrons. The van der Waals surface area contributed by atoms with E-state index in [1.165, 1.54) is 24.3 Å². The second-order valence-corrected chi connectivity index (χ2v) is 5.80. The molecule has 0 atom stereocenters. The highest BCUT2D eigenvalue weighted by Crippen LogP contribution is 2.29. The number of carbonyl (C=O) groups is 1. The predicted molar refractivity (Wildman–Crippen MR) is 78.8 cm³/mol. The molecule has 22 heavy (non-hydrogen) atoms. The van der Waals surface area contributed by atoms with Crippen molar-refractivity contribution < 1.29 is 27.2 Å². The van der Waals surface area contributed by atoms with Crippen molar-refractivity contribution in [3.8, 4) is 11.5 Å². The topological polar surface area (TPSA) is 89.9 Å². The summed E-state index contributed by atoms with van der Waals surface area (Å²) in [5.74, 6) is -0.875. The van der Waals surface area contributed by atoms with Crippen molar-refractivity contribution in [2.24, 2.45) is 0 Å². The van der Waals surface area contributed by atoms with Crippen LogP contribution in [0.3, 0.4) is 0 Å². The zero-order chi connectivity index (χ0) is 16.2. The predicted octanol–water partition coefficient (Wildman–Crippen LogP) is 2.55. The molecule has 0 aromatic heterocycles. The molecule has 0 heterocycles. The fraction of sp³-hybridized carbons (Fsp3) is 0.133. The van der Waals surface area contributed by atoms with E-state index in [2.05, 4.69) is 0 Å². The van der Waals surface area contributed by atoms with Crippen LogP contribution in [0.4, 0.5) is 0 Å². The first-order valence-corrected chi connectivity index (χ1v) is 7.84. The van der Waals surface area contributed by atoms with Crippen LogP contribution in [-0.4, -0.2) is 26.1 Å². The van der Waals surface area contributed by atoms with Gasteiger partial charge < -0.3 is 14.0 Å². The first kappa shape index (κ1) is 15.8. The Labute approximate surface area is 128 Å². The van der Waals surface area contributed by atoms with Gasteiger partial charge >= 0.3 is 16.1 Å². The molecular weight excluding hydrogens is 308 g/mol. The number of para-hydroxylation sites is 2. The third-order valence-corrected chi connectivity index (χ3v) is 3.95. The van der Waals surface area contributed by atoms with E-state index >= 15 is 0 Å². The number of aromatic carboxylic acids is 1. The van der Waals surface area contributed by atoms with Crippen molar-refractivity contribution in [2.45, 2.75) is 11.8 Å². The molecule has 0 aliphatic heterocycles. The number of ether oxygens (including phenoxy) is 1. The number of hydrogen-bond acceptors (Lipinski definition) is 5. The lowest BCUT2D eigenvalue weighted by molar-refractivity contribution is 0.0696. The first-order chi connectivity index (χ1) is 10.4. The summed E-state index contributed by atoms with van der Waals surface area (Å²) in [5, 5.41) is 8.92. The number of hydrogen-bond donors (Lipinski definition) is 1. The molecule has 0 fully saturated rings. The molecule has 0 aliphatic carbocycles. The lowest BCUT2D eigenvalue weighted by atomic mass is 10.2. The van der Waals surface area contributed by atoms with Crippen molar-refractivity contribution in [1.29, 1.82) is 0 Å². The van der Waals surface area contributed by atoms with E-state index in [1.807, 2.05) is 0 Å². The molecule has 6 nitrogen and oxygen atoms in total. The highest BCUT2D eigenvalue weighted by atomic mass is 32.2. The highest BCUT2D eigenvalue weighted by Gasteiger charge is 2.20. The highest BCUT2D eigenvalue weighted by molar-refractivity contribution is 7.87. The fourth-order valence-electron chi connectivity index (χ4n) is 1.74. The standard InChI is InChI=1S/C15H14O6S/c1-2-20-13-8-3-4-9-14(13)21-22(18,19)12-7-5-6-11(10-12)15(16)17/h3-10H,2H2,1H3,(H,16,17). The van der Waals surface area contributed by atoms with Crippen LogP contribution < -0.4 is 8.92 Å². The third kappa shape index (κ3) is 3.56. The van der Waals surface area contributed by atoms with Crippen molar-refractivity contribution >= 4 is 16.1 Å². The van der Waals surface area contributed by atoms with E-state index in [1.54, 1.807) is 25.1 Å². The van der Waals surface area contributed by atoms with Gasteiger partial charge in [-0.15, -0.1) is 0 Å². The largest absolute Gasteiger partial charge is 0.490 e. The molecular formula is C15H14O6S.